The van der Waals surface area contributed by atoms with Crippen LogP contribution < -0.4 is 9.47 Å². The number of ether oxygens (including phenoxy) is 2. The summed E-state index contributed by atoms with van der Waals surface area (Å²) in [6, 6.07) is 10.3. The number of benzene rings is 2. The molecule has 0 heterocycles. The minimum absolute atomic E-state index is 0.344. The summed E-state index contributed by atoms with van der Waals surface area (Å²) < 4.78 is 10.4. The van der Waals surface area contributed by atoms with E-state index in [2.05, 4.69) is 0 Å². The summed E-state index contributed by atoms with van der Waals surface area (Å²) in [5.74, 6) is 1.14. The lowest BCUT2D eigenvalue weighted by molar-refractivity contribution is 0.219. The van der Waals surface area contributed by atoms with Crippen LogP contribution in [-0.4, -0.2) is 19.3 Å². The van der Waals surface area contributed by atoms with Gasteiger partial charge in [-0.3, -0.25) is 0 Å². The normalized spacial score (nSPS) is 12.1. The van der Waals surface area contributed by atoms with Gasteiger partial charge in [0, 0.05) is 5.56 Å². The Labute approximate surface area is 127 Å². The Balaban J connectivity index is 2.43. The van der Waals surface area contributed by atoms with Gasteiger partial charge in [-0.25, -0.2) is 0 Å². The van der Waals surface area contributed by atoms with E-state index in [1.807, 2.05) is 0 Å². The molecule has 0 saturated heterocycles. The van der Waals surface area contributed by atoms with E-state index in [0.29, 0.717) is 32.7 Å². The first-order valence-electron chi connectivity index (χ1n) is 5.92. The minimum atomic E-state index is -0.888. The van der Waals surface area contributed by atoms with Crippen LogP contribution in [0.1, 0.15) is 17.2 Å². The van der Waals surface area contributed by atoms with E-state index in [-0.39, 0.29) is 0 Å². The molecule has 0 bridgehead atoms. The predicted molar refractivity (Wildman–Crippen MR) is 80.1 cm³/mol. The van der Waals surface area contributed by atoms with Gasteiger partial charge in [0.15, 0.2) is 11.5 Å². The van der Waals surface area contributed by atoms with Gasteiger partial charge in [0.1, 0.15) is 6.10 Å². The van der Waals surface area contributed by atoms with Gasteiger partial charge in [0.05, 0.1) is 24.3 Å². The van der Waals surface area contributed by atoms with Crippen LogP contribution in [0.5, 0.6) is 11.5 Å². The van der Waals surface area contributed by atoms with Crippen LogP contribution >= 0.6 is 23.2 Å². The topological polar surface area (TPSA) is 38.7 Å². The third kappa shape index (κ3) is 2.85. The highest BCUT2D eigenvalue weighted by molar-refractivity contribution is 6.42. The van der Waals surface area contributed by atoms with Gasteiger partial charge in [-0.1, -0.05) is 41.4 Å². The second kappa shape index (κ2) is 6.35. The first-order valence-corrected chi connectivity index (χ1v) is 6.68. The highest BCUT2D eigenvalue weighted by atomic mass is 35.5. The standard InChI is InChI=1S/C15H14Cl2O3/c1-19-12-7-6-9(8-13(12)20-2)15(18)10-4-3-5-11(16)14(10)17/h3-8,15,18H,1-2H3. The average Bonchev–Trinajstić information content (AvgIpc) is 2.48. The van der Waals surface area contributed by atoms with Gasteiger partial charge in [-0.2, -0.15) is 0 Å². The largest absolute Gasteiger partial charge is 0.493 e. The average molecular weight is 313 g/mol. The van der Waals surface area contributed by atoms with Gasteiger partial charge >= 0.3 is 0 Å². The zero-order chi connectivity index (χ0) is 14.7. The molecule has 1 unspecified atom stereocenters. The molecule has 0 radical (unpaired) electrons. The SMILES string of the molecule is COc1ccc(C(O)c2cccc(Cl)c2Cl)cc1OC. The van der Waals surface area contributed by atoms with Crippen LogP contribution in [0.4, 0.5) is 0 Å². The number of aliphatic hydroxyl groups is 1. The van der Waals surface area contributed by atoms with Crippen molar-refractivity contribution < 1.29 is 14.6 Å². The third-order valence-corrected chi connectivity index (χ3v) is 3.83. The van der Waals surface area contributed by atoms with Crippen molar-refractivity contribution in [1.82, 2.24) is 0 Å². The molecule has 1 N–H and O–H groups in total. The van der Waals surface area contributed by atoms with Gasteiger partial charge < -0.3 is 14.6 Å². The van der Waals surface area contributed by atoms with Crippen molar-refractivity contribution in [2.24, 2.45) is 0 Å². The third-order valence-electron chi connectivity index (χ3n) is 3.00. The second-order valence-electron chi connectivity index (χ2n) is 4.16. The van der Waals surface area contributed by atoms with Crippen molar-refractivity contribution >= 4 is 23.2 Å². The Morgan fingerprint density at radius 3 is 2.35 bits per heavy atom. The summed E-state index contributed by atoms with van der Waals surface area (Å²) >= 11 is 12.1. The molecule has 0 fully saturated rings. The zero-order valence-corrected chi connectivity index (χ0v) is 12.6. The Hall–Kier alpha value is -1.42. The molecule has 106 valence electrons. The highest BCUT2D eigenvalue weighted by Crippen LogP contribution is 2.36. The monoisotopic (exact) mass is 312 g/mol. The highest BCUT2D eigenvalue weighted by Gasteiger charge is 2.17. The van der Waals surface area contributed by atoms with E-state index in [1.54, 1.807) is 50.6 Å². The smallest absolute Gasteiger partial charge is 0.161 e. The van der Waals surface area contributed by atoms with Crippen molar-refractivity contribution in [3.8, 4) is 11.5 Å². The maximum absolute atomic E-state index is 10.4. The summed E-state index contributed by atoms with van der Waals surface area (Å²) in [6.07, 6.45) is -0.888. The molecule has 0 saturated carbocycles. The molecule has 3 nitrogen and oxygen atoms in total. The number of aliphatic hydroxyl groups excluding tert-OH is 1. The fourth-order valence-corrected chi connectivity index (χ4v) is 2.35. The van der Waals surface area contributed by atoms with E-state index in [1.165, 1.54) is 0 Å². The Morgan fingerprint density at radius 1 is 1.00 bits per heavy atom. The summed E-state index contributed by atoms with van der Waals surface area (Å²) in [6.45, 7) is 0. The van der Waals surface area contributed by atoms with Gasteiger partial charge in [0.25, 0.3) is 0 Å². The maximum Gasteiger partial charge on any atom is 0.161 e. The lowest BCUT2D eigenvalue weighted by Gasteiger charge is -2.16. The Morgan fingerprint density at radius 2 is 1.70 bits per heavy atom. The van der Waals surface area contributed by atoms with Crippen LogP contribution in [0.3, 0.4) is 0 Å². The van der Waals surface area contributed by atoms with Crippen molar-refractivity contribution in [3.63, 3.8) is 0 Å². The summed E-state index contributed by atoms with van der Waals surface area (Å²) in [4.78, 5) is 0. The maximum atomic E-state index is 10.4. The quantitative estimate of drug-likeness (QED) is 0.924. The van der Waals surface area contributed by atoms with E-state index >= 15 is 0 Å². The number of rotatable bonds is 4. The summed E-state index contributed by atoms with van der Waals surface area (Å²) in [5, 5.41) is 11.2. The lowest BCUT2D eigenvalue weighted by Crippen LogP contribution is -2.02. The van der Waals surface area contributed by atoms with Crippen LogP contribution in [0.15, 0.2) is 36.4 Å². The van der Waals surface area contributed by atoms with Crippen molar-refractivity contribution in [1.29, 1.82) is 0 Å². The molecule has 0 aliphatic heterocycles. The molecule has 0 aromatic heterocycles. The molecule has 0 aliphatic rings. The van der Waals surface area contributed by atoms with Crippen LogP contribution in [-0.2, 0) is 0 Å². The van der Waals surface area contributed by atoms with Crippen LogP contribution in [0.2, 0.25) is 10.0 Å². The lowest BCUT2D eigenvalue weighted by atomic mass is 10.0. The molecule has 2 rings (SSSR count). The molecule has 0 spiro atoms. The Kier molecular flexibility index (Phi) is 4.76. The first-order chi connectivity index (χ1) is 9.58. The molecule has 0 amide bonds. The summed E-state index contributed by atoms with van der Waals surface area (Å²) in [7, 11) is 3.10. The first kappa shape index (κ1) is 15.0. The van der Waals surface area contributed by atoms with Crippen LogP contribution in [0, 0.1) is 0 Å². The molecule has 20 heavy (non-hydrogen) atoms. The number of hydrogen-bond acceptors (Lipinski definition) is 3. The summed E-state index contributed by atoms with van der Waals surface area (Å²) in [5.41, 5.74) is 1.19. The van der Waals surface area contributed by atoms with Crippen LogP contribution in [0.25, 0.3) is 0 Å². The van der Waals surface area contributed by atoms with Crippen molar-refractivity contribution in [2.75, 3.05) is 14.2 Å². The molecule has 2 aromatic carbocycles. The molecule has 2 aromatic rings. The molecule has 1 atom stereocenters. The van der Waals surface area contributed by atoms with E-state index < -0.39 is 6.10 Å². The predicted octanol–water partition coefficient (Wildman–Crippen LogP) is 4.09. The molecule has 5 heteroatoms. The fraction of sp³-hybridized carbons (Fsp3) is 0.200. The van der Waals surface area contributed by atoms with Crippen molar-refractivity contribution in [2.45, 2.75) is 6.10 Å². The van der Waals surface area contributed by atoms with Gasteiger partial charge in [-0.15, -0.1) is 0 Å². The van der Waals surface area contributed by atoms with Gasteiger partial charge in [-0.05, 0) is 23.8 Å². The fourth-order valence-electron chi connectivity index (χ4n) is 1.93. The number of halogens is 2. The molecule has 0 aliphatic carbocycles. The zero-order valence-electron chi connectivity index (χ0n) is 11.1. The van der Waals surface area contributed by atoms with Gasteiger partial charge in [0.2, 0.25) is 0 Å². The Bertz CT molecular complexity index is 614. The van der Waals surface area contributed by atoms with E-state index in [9.17, 15) is 5.11 Å². The van der Waals surface area contributed by atoms with E-state index in [0.717, 1.165) is 0 Å². The number of hydrogen-bond donors (Lipinski definition) is 1. The second-order valence-corrected chi connectivity index (χ2v) is 4.95. The number of methoxy groups -OCH3 is 2. The van der Waals surface area contributed by atoms with E-state index in [4.69, 9.17) is 32.7 Å². The molecular weight excluding hydrogens is 299 g/mol. The minimum Gasteiger partial charge on any atom is -0.493 e. The van der Waals surface area contributed by atoms with Crippen molar-refractivity contribution in [3.05, 3.63) is 57.6 Å². The molecular formula is C15H14Cl2O3.